The first-order valence-electron chi connectivity index (χ1n) is 4.86. The van der Waals surface area contributed by atoms with Crippen LogP contribution >= 0.6 is 0 Å². The van der Waals surface area contributed by atoms with Gasteiger partial charge in [-0.2, -0.15) is 4.98 Å². The van der Waals surface area contributed by atoms with Crippen LogP contribution in [-0.2, 0) is 0 Å². The molecule has 0 fully saturated rings. The van der Waals surface area contributed by atoms with Crippen molar-refractivity contribution in [1.29, 1.82) is 0 Å². The minimum atomic E-state index is -0.00704. The molecule has 4 nitrogen and oxygen atoms in total. The van der Waals surface area contributed by atoms with Gasteiger partial charge in [0.1, 0.15) is 0 Å². The molecule has 1 aromatic carbocycles. The summed E-state index contributed by atoms with van der Waals surface area (Å²) in [5, 5.41) is 3.77. The molecule has 2 N–H and O–H groups in total. The van der Waals surface area contributed by atoms with Gasteiger partial charge in [0.05, 0.1) is 5.92 Å². The molecule has 1 heterocycles. The SMILES string of the molecule is Cc1noc(C(CN)c2ccccc2)n1. The maximum absolute atomic E-state index is 5.72. The van der Waals surface area contributed by atoms with Crippen LogP contribution in [-0.4, -0.2) is 16.7 Å². The van der Waals surface area contributed by atoms with E-state index in [4.69, 9.17) is 10.3 Å². The van der Waals surface area contributed by atoms with Crippen LogP contribution in [0.5, 0.6) is 0 Å². The molecule has 0 aliphatic rings. The van der Waals surface area contributed by atoms with Crippen molar-refractivity contribution in [3.63, 3.8) is 0 Å². The number of aryl methyl sites for hydroxylation is 1. The Labute approximate surface area is 88.1 Å². The van der Waals surface area contributed by atoms with Gasteiger partial charge < -0.3 is 10.3 Å². The Kier molecular flexibility index (Phi) is 2.78. The molecule has 0 aliphatic carbocycles. The zero-order valence-electron chi connectivity index (χ0n) is 8.55. The Hall–Kier alpha value is -1.68. The molecule has 78 valence electrons. The van der Waals surface area contributed by atoms with Gasteiger partial charge in [0.25, 0.3) is 0 Å². The van der Waals surface area contributed by atoms with Crippen LogP contribution < -0.4 is 5.73 Å². The minimum absolute atomic E-state index is 0.00704. The summed E-state index contributed by atoms with van der Waals surface area (Å²) >= 11 is 0. The van der Waals surface area contributed by atoms with Gasteiger partial charge in [-0.3, -0.25) is 0 Å². The number of nitrogens with two attached hydrogens (primary N) is 1. The largest absolute Gasteiger partial charge is 0.339 e. The first-order chi connectivity index (χ1) is 7.31. The van der Waals surface area contributed by atoms with Gasteiger partial charge >= 0.3 is 0 Å². The maximum atomic E-state index is 5.72. The first-order valence-corrected chi connectivity index (χ1v) is 4.86. The fraction of sp³-hybridized carbons (Fsp3) is 0.273. The summed E-state index contributed by atoms with van der Waals surface area (Å²) in [5.74, 6) is 1.22. The molecule has 15 heavy (non-hydrogen) atoms. The average molecular weight is 203 g/mol. The standard InChI is InChI=1S/C11H13N3O/c1-8-13-11(15-14-8)10(7-12)9-5-3-2-4-6-9/h2-6,10H,7,12H2,1H3. The number of nitrogens with zero attached hydrogens (tertiary/aromatic N) is 2. The summed E-state index contributed by atoms with van der Waals surface area (Å²) in [6.45, 7) is 2.26. The number of hydrogen-bond acceptors (Lipinski definition) is 4. The smallest absolute Gasteiger partial charge is 0.235 e. The highest BCUT2D eigenvalue weighted by atomic mass is 16.5. The van der Waals surface area contributed by atoms with E-state index in [1.807, 2.05) is 30.3 Å². The van der Waals surface area contributed by atoms with Crippen LogP contribution in [0.1, 0.15) is 23.2 Å². The quantitative estimate of drug-likeness (QED) is 0.820. The number of hydrogen-bond donors (Lipinski definition) is 1. The van der Waals surface area contributed by atoms with Crippen molar-refractivity contribution in [3.05, 3.63) is 47.6 Å². The van der Waals surface area contributed by atoms with Crippen molar-refractivity contribution < 1.29 is 4.52 Å². The van der Waals surface area contributed by atoms with Crippen molar-refractivity contribution in [2.24, 2.45) is 5.73 Å². The van der Waals surface area contributed by atoms with Crippen LogP contribution in [0.15, 0.2) is 34.9 Å². The van der Waals surface area contributed by atoms with E-state index < -0.39 is 0 Å². The molecule has 2 aromatic rings. The molecular weight excluding hydrogens is 190 g/mol. The summed E-state index contributed by atoms with van der Waals surface area (Å²) in [5.41, 5.74) is 6.82. The zero-order valence-corrected chi connectivity index (χ0v) is 8.55. The van der Waals surface area contributed by atoms with Crippen molar-refractivity contribution >= 4 is 0 Å². The van der Waals surface area contributed by atoms with Gasteiger partial charge in [0.15, 0.2) is 5.82 Å². The molecule has 0 spiro atoms. The third-order valence-corrected chi connectivity index (χ3v) is 2.28. The Bertz CT molecular complexity index is 424. The topological polar surface area (TPSA) is 64.9 Å². The van der Waals surface area contributed by atoms with Crippen LogP contribution in [0, 0.1) is 6.92 Å². The fourth-order valence-electron chi connectivity index (χ4n) is 1.52. The highest BCUT2D eigenvalue weighted by molar-refractivity contribution is 5.24. The van der Waals surface area contributed by atoms with Gasteiger partial charge in [-0.15, -0.1) is 0 Å². The van der Waals surface area contributed by atoms with Gasteiger partial charge in [0, 0.05) is 6.54 Å². The van der Waals surface area contributed by atoms with Crippen molar-refractivity contribution in [3.8, 4) is 0 Å². The third kappa shape index (κ3) is 2.05. The lowest BCUT2D eigenvalue weighted by atomic mass is 9.99. The lowest BCUT2D eigenvalue weighted by Crippen LogP contribution is -2.14. The Morgan fingerprint density at radius 3 is 2.60 bits per heavy atom. The summed E-state index contributed by atoms with van der Waals surface area (Å²) in [6, 6.07) is 9.94. The van der Waals surface area contributed by atoms with Crippen molar-refractivity contribution in [2.45, 2.75) is 12.8 Å². The Balaban J connectivity index is 2.33. The fourth-order valence-corrected chi connectivity index (χ4v) is 1.52. The second kappa shape index (κ2) is 4.23. The molecule has 1 aromatic heterocycles. The molecule has 1 unspecified atom stereocenters. The lowest BCUT2D eigenvalue weighted by molar-refractivity contribution is 0.363. The molecule has 0 aliphatic heterocycles. The highest BCUT2D eigenvalue weighted by Crippen LogP contribution is 2.21. The first kappa shape index (κ1) is 9.86. The molecule has 4 heteroatoms. The van der Waals surface area contributed by atoms with Crippen LogP contribution in [0.4, 0.5) is 0 Å². The van der Waals surface area contributed by atoms with Crippen LogP contribution in [0.2, 0.25) is 0 Å². The molecule has 0 saturated carbocycles. The van der Waals surface area contributed by atoms with Crippen molar-refractivity contribution in [1.82, 2.24) is 10.1 Å². The van der Waals surface area contributed by atoms with Gasteiger partial charge in [0.2, 0.25) is 5.89 Å². The van der Waals surface area contributed by atoms with Gasteiger partial charge in [-0.25, -0.2) is 0 Å². The van der Waals surface area contributed by atoms with E-state index in [1.54, 1.807) is 6.92 Å². The molecule has 1 atom stereocenters. The molecule has 0 saturated heterocycles. The molecular formula is C11H13N3O. The Morgan fingerprint density at radius 1 is 1.33 bits per heavy atom. The predicted molar refractivity (Wildman–Crippen MR) is 56.4 cm³/mol. The second-order valence-electron chi connectivity index (χ2n) is 3.38. The molecule has 0 bridgehead atoms. The highest BCUT2D eigenvalue weighted by Gasteiger charge is 2.18. The second-order valence-corrected chi connectivity index (χ2v) is 3.38. The van der Waals surface area contributed by atoms with E-state index in [1.165, 1.54) is 0 Å². The average Bonchev–Trinajstić information content (AvgIpc) is 2.68. The number of aromatic nitrogens is 2. The van der Waals surface area contributed by atoms with E-state index in [2.05, 4.69) is 10.1 Å². The molecule has 0 radical (unpaired) electrons. The van der Waals surface area contributed by atoms with Crippen LogP contribution in [0.3, 0.4) is 0 Å². The van der Waals surface area contributed by atoms with E-state index >= 15 is 0 Å². The monoisotopic (exact) mass is 203 g/mol. The maximum Gasteiger partial charge on any atom is 0.235 e. The molecule has 0 amide bonds. The van der Waals surface area contributed by atoms with E-state index in [-0.39, 0.29) is 5.92 Å². The van der Waals surface area contributed by atoms with Gasteiger partial charge in [-0.05, 0) is 12.5 Å². The molecule has 2 rings (SSSR count). The Morgan fingerprint density at radius 2 is 2.07 bits per heavy atom. The zero-order chi connectivity index (χ0) is 10.7. The summed E-state index contributed by atoms with van der Waals surface area (Å²) in [7, 11) is 0. The van der Waals surface area contributed by atoms with E-state index in [0.29, 0.717) is 18.3 Å². The number of benzene rings is 1. The summed E-state index contributed by atoms with van der Waals surface area (Å²) in [6.07, 6.45) is 0. The summed E-state index contributed by atoms with van der Waals surface area (Å²) < 4.78 is 5.13. The van der Waals surface area contributed by atoms with Crippen LogP contribution in [0.25, 0.3) is 0 Å². The van der Waals surface area contributed by atoms with Gasteiger partial charge in [-0.1, -0.05) is 35.5 Å². The lowest BCUT2D eigenvalue weighted by Gasteiger charge is -2.09. The van der Waals surface area contributed by atoms with E-state index in [9.17, 15) is 0 Å². The minimum Gasteiger partial charge on any atom is -0.339 e. The third-order valence-electron chi connectivity index (χ3n) is 2.28. The summed E-state index contributed by atoms with van der Waals surface area (Å²) in [4.78, 5) is 4.20. The predicted octanol–water partition coefficient (Wildman–Crippen LogP) is 1.47. The van der Waals surface area contributed by atoms with E-state index in [0.717, 1.165) is 5.56 Å². The number of rotatable bonds is 3. The van der Waals surface area contributed by atoms with Crippen molar-refractivity contribution in [2.75, 3.05) is 6.54 Å². The normalized spacial score (nSPS) is 12.7.